The second-order valence-electron chi connectivity index (χ2n) is 6.63. The number of nitrogens with zero attached hydrogens (tertiary/aromatic N) is 3. The summed E-state index contributed by atoms with van der Waals surface area (Å²) in [5.74, 6) is 1.60. The Hall–Kier alpha value is -3.81. The molecule has 4 aromatic rings. The number of aromatic nitrogens is 4. The van der Waals surface area contributed by atoms with Crippen LogP contribution in [0.2, 0.25) is 0 Å². The molecular weight excluding hydrogens is 372 g/mol. The number of H-pyrrole nitrogens is 1. The molecule has 0 saturated heterocycles. The molecule has 1 N–H and O–H groups in total. The molecule has 0 atom stereocenters. The number of hydrogen-bond donors (Lipinski definition) is 1. The molecule has 0 radical (unpaired) electrons. The van der Waals surface area contributed by atoms with Gasteiger partial charge in [-0.05, 0) is 23.8 Å². The van der Waals surface area contributed by atoms with Crippen molar-refractivity contribution in [3.05, 3.63) is 74.9 Å². The van der Waals surface area contributed by atoms with E-state index in [2.05, 4.69) is 9.97 Å². The standard InChI is InChI=1S/C21H20N4O4/c1-24-19-17(20(26)25(2)21(24)27)22-18(23-19)14-9-10-15(16(11-14)28-3)29-12-13-7-5-4-6-8-13/h4-11H,12H2,1-3H3,(H,22,23). The summed E-state index contributed by atoms with van der Waals surface area (Å²) in [6.45, 7) is 0.416. The van der Waals surface area contributed by atoms with Gasteiger partial charge in [-0.1, -0.05) is 30.3 Å². The van der Waals surface area contributed by atoms with Crippen LogP contribution in [-0.4, -0.2) is 26.2 Å². The molecule has 0 saturated carbocycles. The van der Waals surface area contributed by atoms with E-state index in [1.807, 2.05) is 36.4 Å². The van der Waals surface area contributed by atoms with Crippen LogP contribution in [0.25, 0.3) is 22.6 Å². The highest BCUT2D eigenvalue weighted by Gasteiger charge is 2.16. The van der Waals surface area contributed by atoms with Crippen LogP contribution in [0.5, 0.6) is 11.5 Å². The molecule has 2 aromatic carbocycles. The van der Waals surface area contributed by atoms with Crippen molar-refractivity contribution in [2.75, 3.05) is 7.11 Å². The molecule has 0 bridgehead atoms. The molecule has 0 spiro atoms. The first kappa shape index (κ1) is 18.5. The number of methoxy groups -OCH3 is 1. The highest BCUT2D eigenvalue weighted by atomic mass is 16.5. The molecule has 0 aliphatic heterocycles. The maximum atomic E-state index is 12.4. The minimum atomic E-state index is -0.428. The number of fused-ring (bicyclic) bond motifs is 1. The van der Waals surface area contributed by atoms with Crippen LogP contribution in [0, 0.1) is 0 Å². The minimum absolute atomic E-state index is 0.271. The normalized spacial score (nSPS) is 11.0. The van der Waals surface area contributed by atoms with E-state index in [1.165, 1.54) is 11.6 Å². The Labute approximate surface area is 166 Å². The Morgan fingerprint density at radius 3 is 2.48 bits per heavy atom. The summed E-state index contributed by atoms with van der Waals surface area (Å²) in [4.78, 5) is 32.0. The van der Waals surface area contributed by atoms with E-state index < -0.39 is 11.2 Å². The zero-order valence-corrected chi connectivity index (χ0v) is 16.3. The molecule has 2 heterocycles. The van der Waals surface area contributed by atoms with Crippen LogP contribution in [0.1, 0.15) is 5.56 Å². The highest BCUT2D eigenvalue weighted by Crippen LogP contribution is 2.32. The molecule has 0 fully saturated rings. The van der Waals surface area contributed by atoms with Gasteiger partial charge in [-0.3, -0.25) is 13.9 Å². The van der Waals surface area contributed by atoms with Crippen LogP contribution < -0.4 is 20.7 Å². The van der Waals surface area contributed by atoms with Gasteiger partial charge in [0.05, 0.1) is 7.11 Å². The van der Waals surface area contributed by atoms with Crippen molar-refractivity contribution in [1.82, 2.24) is 19.1 Å². The van der Waals surface area contributed by atoms with Crippen molar-refractivity contribution in [3.63, 3.8) is 0 Å². The second-order valence-corrected chi connectivity index (χ2v) is 6.63. The van der Waals surface area contributed by atoms with Gasteiger partial charge in [0.15, 0.2) is 17.1 Å². The lowest BCUT2D eigenvalue weighted by Gasteiger charge is -2.11. The molecule has 4 rings (SSSR count). The van der Waals surface area contributed by atoms with E-state index in [0.29, 0.717) is 35.1 Å². The monoisotopic (exact) mass is 392 g/mol. The molecule has 29 heavy (non-hydrogen) atoms. The van der Waals surface area contributed by atoms with Crippen LogP contribution >= 0.6 is 0 Å². The molecule has 148 valence electrons. The largest absolute Gasteiger partial charge is 0.493 e. The molecule has 2 aromatic heterocycles. The van der Waals surface area contributed by atoms with Crippen molar-refractivity contribution in [1.29, 1.82) is 0 Å². The maximum Gasteiger partial charge on any atom is 0.332 e. The van der Waals surface area contributed by atoms with Gasteiger partial charge >= 0.3 is 5.69 Å². The van der Waals surface area contributed by atoms with E-state index in [0.717, 1.165) is 10.1 Å². The molecule has 8 heteroatoms. The third kappa shape index (κ3) is 3.29. The lowest BCUT2D eigenvalue weighted by Crippen LogP contribution is -2.36. The summed E-state index contributed by atoms with van der Waals surface area (Å²) in [7, 11) is 4.58. The van der Waals surface area contributed by atoms with Gasteiger partial charge in [-0.25, -0.2) is 9.78 Å². The van der Waals surface area contributed by atoms with Crippen molar-refractivity contribution in [2.24, 2.45) is 14.1 Å². The summed E-state index contributed by atoms with van der Waals surface area (Å²) in [6, 6.07) is 15.2. The van der Waals surface area contributed by atoms with Crippen molar-refractivity contribution in [3.8, 4) is 22.9 Å². The topological polar surface area (TPSA) is 91.1 Å². The average Bonchev–Trinajstić information content (AvgIpc) is 3.21. The zero-order chi connectivity index (χ0) is 20.5. The van der Waals surface area contributed by atoms with Crippen molar-refractivity contribution < 1.29 is 9.47 Å². The van der Waals surface area contributed by atoms with Crippen molar-refractivity contribution >= 4 is 11.2 Å². The second kappa shape index (κ2) is 7.31. The summed E-state index contributed by atoms with van der Waals surface area (Å²) in [6.07, 6.45) is 0. The number of ether oxygens (including phenoxy) is 2. The lowest BCUT2D eigenvalue weighted by molar-refractivity contribution is 0.284. The maximum absolute atomic E-state index is 12.4. The fourth-order valence-corrected chi connectivity index (χ4v) is 3.13. The van der Waals surface area contributed by atoms with Gasteiger partial charge in [-0.15, -0.1) is 0 Å². The van der Waals surface area contributed by atoms with Crippen LogP contribution in [0.4, 0.5) is 0 Å². The van der Waals surface area contributed by atoms with Gasteiger partial charge < -0.3 is 14.5 Å². The summed E-state index contributed by atoms with van der Waals surface area (Å²) >= 11 is 0. The number of benzene rings is 2. The number of aromatic amines is 1. The number of aryl methyl sites for hydroxylation is 1. The van der Waals surface area contributed by atoms with E-state index in [4.69, 9.17) is 9.47 Å². The van der Waals surface area contributed by atoms with Crippen LogP contribution in [-0.2, 0) is 20.7 Å². The summed E-state index contributed by atoms with van der Waals surface area (Å²) in [5.41, 5.74) is 1.48. The highest BCUT2D eigenvalue weighted by molar-refractivity contribution is 5.76. The smallest absolute Gasteiger partial charge is 0.332 e. The Kier molecular flexibility index (Phi) is 4.67. The molecule has 0 amide bonds. The summed E-state index contributed by atoms with van der Waals surface area (Å²) < 4.78 is 13.7. The Balaban J connectivity index is 1.71. The number of rotatable bonds is 5. The van der Waals surface area contributed by atoms with Gasteiger partial charge in [0, 0.05) is 19.7 Å². The predicted octanol–water partition coefficient (Wildman–Crippen LogP) is 2.21. The first-order valence-electron chi connectivity index (χ1n) is 9.00. The Morgan fingerprint density at radius 2 is 1.76 bits per heavy atom. The van der Waals surface area contributed by atoms with Gasteiger partial charge in [0.25, 0.3) is 5.56 Å². The number of hydrogen-bond acceptors (Lipinski definition) is 5. The molecule has 0 aliphatic carbocycles. The molecular formula is C21H20N4O4. The molecule has 8 nitrogen and oxygen atoms in total. The van der Waals surface area contributed by atoms with E-state index in [1.54, 1.807) is 26.3 Å². The molecule has 0 aliphatic rings. The Morgan fingerprint density at radius 1 is 1.00 bits per heavy atom. The zero-order valence-electron chi connectivity index (χ0n) is 16.3. The van der Waals surface area contributed by atoms with Gasteiger partial charge in [0.1, 0.15) is 17.9 Å². The third-order valence-electron chi connectivity index (χ3n) is 4.77. The average molecular weight is 392 g/mol. The van der Waals surface area contributed by atoms with E-state index >= 15 is 0 Å². The van der Waals surface area contributed by atoms with Crippen molar-refractivity contribution in [2.45, 2.75) is 6.61 Å². The van der Waals surface area contributed by atoms with Gasteiger partial charge in [-0.2, -0.15) is 0 Å². The fraction of sp³-hybridized carbons (Fsp3) is 0.190. The SMILES string of the molecule is COc1cc(-c2nc3c([nH]2)c(=O)n(C)c(=O)n3C)ccc1OCc1ccccc1. The molecule has 0 unspecified atom stereocenters. The lowest BCUT2D eigenvalue weighted by atomic mass is 10.2. The fourth-order valence-electron chi connectivity index (χ4n) is 3.13. The summed E-state index contributed by atoms with van der Waals surface area (Å²) in [5, 5.41) is 0. The minimum Gasteiger partial charge on any atom is -0.493 e. The van der Waals surface area contributed by atoms with Gasteiger partial charge in [0.2, 0.25) is 0 Å². The van der Waals surface area contributed by atoms with Crippen LogP contribution in [0.15, 0.2) is 58.1 Å². The van der Waals surface area contributed by atoms with Crippen LogP contribution in [0.3, 0.4) is 0 Å². The quantitative estimate of drug-likeness (QED) is 0.562. The Bertz CT molecular complexity index is 1300. The number of imidazole rings is 1. The van der Waals surface area contributed by atoms with E-state index in [-0.39, 0.29) is 5.52 Å². The predicted molar refractivity (Wildman–Crippen MR) is 109 cm³/mol. The number of nitrogens with one attached hydrogen (secondary N) is 1. The first-order valence-corrected chi connectivity index (χ1v) is 9.00. The van der Waals surface area contributed by atoms with E-state index in [9.17, 15) is 9.59 Å². The third-order valence-corrected chi connectivity index (χ3v) is 4.77. The first-order chi connectivity index (χ1) is 14.0.